The number of pyridine rings is 1. The number of nitrogens with one attached hydrogen (secondary N) is 1. The molecule has 1 aliphatic rings. The minimum atomic E-state index is 0. The van der Waals surface area contributed by atoms with Crippen LogP contribution in [0, 0.1) is 0 Å². The molecule has 0 saturated carbocycles. The van der Waals surface area contributed by atoms with E-state index < -0.39 is 0 Å². The van der Waals surface area contributed by atoms with E-state index in [0.29, 0.717) is 0 Å². The first-order chi connectivity index (χ1) is 12.4. The van der Waals surface area contributed by atoms with Crippen LogP contribution in [0.25, 0.3) is 5.65 Å². The number of fused-ring (bicyclic) bond motifs is 2. The molecule has 1 aromatic carbocycles. The highest BCUT2D eigenvalue weighted by molar-refractivity contribution is 14.0. The second-order valence-electron chi connectivity index (χ2n) is 6.15. The molecular formula is C19H23IN6. The molecule has 0 unspecified atom stereocenters. The largest absolute Gasteiger partial charge is 0.356 e. The lowest BCUT2D eigenvalue weighted by molar-refractivity contribution is 0.725. The number of aryl methyl sites for hydroxylation is 1. The Balaban J connectivity index is 0.00000196. The van der Waals surface area contributed by atoms with E-state index in [9.17, 15) is 0 Å². The number of aliphatic imine (C=N–C) groups is 1. The van der Waals surface area contributed by atoms with E-state index in [1.165, 1.54) is 11.3 Å². The minimum Gasteiger partial charge on any atom is -0.356 e. The van der Waals surface area contributed by atoms with Crippen molar-refractivity contribution >= 4 is 41.3 Å². The molecule has 0 bridgehead atoms. The molecule has 2 aromatic heterocycles. The van der Waals surface area contributed by atoms with Crippen LogP contribution in [-0.2, 0) is 12.8 Å². The molecule has 3 aromatic rings. The van der Waals surface area contributed by atoms with Gasteiger partial charge < -0.3 is 10.2 Å². The van der Waals surface area contributed by atoms with E-state index in [0.717, 1.165) is 49.8 Å². The van der Waals surface area contributed by atoms with Gasteiger partial charge in [-0.1, -0.05) is 24.3 Å². The standard InChI is InChI=1S/C19H22N6.HI/c1-20-19(24-14-11-15-7-2-3-8-16(15)24)21-12-6-10-18-23-22-17-9-4-5-13-25(17)18;/h2-5,7-9,13H,6,10-12,14H2,1H3,(H,20,21);1H. The van der Waals surface area contributed by atoms with Crippen molar-refractivity contribution in [3.05, 3.63) is 60.0 Å². The number of hydrogen-bond acceptors (Lipinski definition) is 3. The maximum Gasteiger partial charge on any atom is 0.198 e. The number of halogens is 1. The average Bonchev–Trinajstić information content (AvgIpc) is 3.26. The summed E-state index contributed by atoms with van der Waals surface area (Å²) in [5, 5.41) is 12.0. The molecule has 0 aliphatic carbocycles. The minimum absolute atomic E-state index is 0. The van der Waals surface area contributed by atoms with Crippen molar-refractivity contribution in [3.8, 4) is 0 Å². The third kappa shape index (κ3) is 3.67. The fraction of sp³-hybridized carbons (Fsp3) is 0.316. The highest BCUT2D eigenvalue weighted by atomic mass is 127. The van der Waals surface area contributed by atoms with Crippen LogP contribution in [0.3, 0.4) is 0 Å². The monoisotopic (exact) mass is 462 g/mol. The lowest BCUT2D eigenvalue weighted by atomic mass is 10.2. The van der Waals surface area contributed by atoms with E-state index in [2.05, 4.69) is 49.7 Å². The Labute approximate surface area is 170 Å². The molecule has 0 radical (unpaired) electrons. The molecule has 0 fully saturated rings. The van der Waals surface area contributed by atoms with Crippen LogP contribution in [0.5, 0.6) is 0 Å². The van der Waals surface area contributed by atoms with E-state index in [-0.39, 0.29) is 24.0 Å². The Hall–Kier alpha value is -2.16. The summed E-state index contributed by atoms with van der Waals surface area (Å²) in [6, 6.07) is 14.5. The number of anilines is 1. The number of para-hydroxylation sites is 1. The predicted octanol–water partition coefficient (Wildman–Crippen LogP) is 2.92. The first-order valence-corrected chi connectivity index (χ1v) is 8.71. The van der Waals surface area contributed by atoms with E-state index in [1.54, 1.807) is 0 Å². The lowest BCUT2D eigenvalue weighted by Crippen LogP contribution is -2.41. The topological polar surface area (TPSA) is 57.8 Å². The van der Waals surface area contributed by atoms with Crippen molar-refractivity contribution in [3.63, 3.8) is 0 Å². The molecule has 3 heterocycles. The van der Waals surface area contributed by atoms with Gasteiger partial charge >= 0.3 is 0 Å². The number of hydrogen-bond donors (Lipinski definition) is 1. The summed E-state index contributed by atoms with van der Waals surface area (Å²) < 4.78 is 2.05. The van der Waals surface area contributed by atoms with E-state index in [1.807, 2.05) is 35.8 Å². The molecule has 1 N–H and O–H groups in total. The van der Waals surface area contributed by atoms with Gasteiger partial charge in [0.05, 0.1) is 0 Å². The van der Waals surface area contributed by atoms with Crippen molar-refractivity contribution in [1.29, 1.82) is 0 Å². The highest BCUT2D eigenvalue weighted by Gasteiger charge is 2.22. The third-order valence-corrected chi connectivity index (χ3v) is 4.60. The molecule has 26 heavy (non-hydrogen) atoms. The Morgan fingerprint density at radius 2 is 2.00 bits per heavy atom. The van der Waals surface area contributed by atoms with Crippen LogP contribution in [0.15, 0.2) is 53.7 Å². The summed E-state index contributed by atoms with van der Waals surface area (Å²) in [6.07, 6.45) is 4.94. The van der Waals surface area contributed by atoms with Gasteiger partial charge in [-0.05, 0) is 36.6 Å². The molecular weight excluding hydrogens is 439 g/mol. The van der Waals surface area contributed by atoms with Crippen molar-refractivity contribution in [2.45, 2.75) is 19.3 Å². The summed E-state index contributed by atoms with van der Waals surface area (Å²) in [5.74, 6) is 1.94. The number of aromatic nitrogens is 3. The maximum atomic E-state index is 4.45. The summed E-state index contributed by atoms with van der Waals surface area (Å²) in [4.78, 5) is 6.72. The lowest BCUT2D eigenvalue weighted by Gasteiger charge is -2.22. The van der Waals surface area contributed by atoms with Crippen LogP contribution >= 0.6 is 24.0 Å². The van der Waals surface area contributed by atoms with Crippen molar-refractivity contribution in [2.75, 3.05) is 25.0 Å². The summed E-state index contributed by atoms with van der Waals surface area (Å²) in [6.45, 7) is 1.83. The maximum absolute atomic E-state index is 4.45. The number of rotatable bonds is 4. The van der Waals surface area contributed by atoms with Crippen molar-refractivity contribution in [2.24, 2.45) is 4.99 Å². The number of nitrogens with zero attached hydrogens (tertiary/aromatic N) is 5. The third-order valence-electron chi connectivity index (χ3n) is 4.60. The zero-order chi connectivity index (χ0) is 17.1. The van der Waals surface area contributed by atoms with Gasteiger partial charge in [0.25, 0.3) is 0 Å². The fourth-order valence-electron chi connectivity index (χ4n) is 3.36. The van der Waals surface area contributed by atoms with Crippen LogP contribution in [-0.4, -0.2) is 40.7 Å². The molecule has 0 spiro atoms. The van der Waals surface area contributed by atoms with Crippen LogP contribution in [0.1, 0.15) is 17.8 Å². The molecule has 4 rings (SSSR count). The highest BCUT2D eigenvalue weighted by Crippen LogP contribution is 2.27. The van der Waals surface area contributed by atoms with Crippen molar-refractivity contribution < 1.29 is 0 Å². The van der Waals surface area contributed by atoms with E-state index in [4.69, 9.17) is 0 Å². The Bertz CT molecular complexity index is 904. The fourth-order valence-corrected chi connectivity index (χ4v) is 3.36. The van der Waals surface area contributed by atoms with Crippen LogP contribution in [0.4, 0.5) is 5.69 Å². The van der Waals surface area contributed by atoms with Gasteiger partial charge in [-0.3, -0.25) is 9.39 Å². The second-order valence-corrected chi connectivity index (χ2v) is 6.15. The molecule has 0 amide bonds. The predicted molar refractivity (Wildman–Crippen MR) is 116 cm³/mol. The first-order valence-electron chi connectivity index (χ1n) is 8.71. The Morgan fingerprint density at radius 3 is 2.88 bits per heavy atom. The van der Waals surface area contributed by atoms with Gasteiger partial charge in [0.15, 0.2) is 11.6 Å². The normalized spacial score (nSPS) is 13.6. The summed E-state index contributed by atoms with van der Waals surface area (Å²) in [7, 11) is 1.84. The average molecular weight is 462 g/mol. The SMILES string of the molecule is CN=C(NCCCc1nnc2ccccn12)N1CCc2ccccc21.I. The zero-order valence-electron chi connectivity index (χ0n) is 14.8. The molecule has 136 valence electrons. The summed E-state index contributed by atoms with van der Waals surface area (Å²) >= 11 is 0. The summed E-state index contributed by atoms with van der Waals surface area (Å²) in [5.41, 5.74) is 3.55. The molecule has 1 aliphatic heterocycles. The molecule has 7 heteroatoms. The quantitative estimate of drug-likeness (QED) is 0.281. The number of guanidine groups is 1. The van der Waals surface area contributed by atoms with Gasteiger partial charge in [-0.25, -0.2) is 0 Å². The second kappa shape index (κ2) is 8.48. The Morgan fingerprint density at radius 1 is 1.15 bits per heavy atom. The Kier molecular flexibility index (Phi) is 6.08. The van der Waals surface area contributed by atoms with Gasteiger partial charge in [-0.15, -0.1) is 34.2 Å². The first kappa shape index (κ1) is 18.6. The molecule has 0 atom stereocenters. The zero-order valence-corrected chi connectivity index (χ0v) is 17.1. The van der Waals surface area contributed by atoms with Gasteiger partial charge in [0, 0.05) is 38.4 Å². The van der Waals surface area contributed by atoms with Crippen molar-refractivity contribution in [1.82, 2.24) is 19.9 Å². The van der Waals surface area contributed by atoms with Crippen LogP contribution < -0.4 is 10.2 Å². The van der Waals surface area contributed by atoms with Gasteiger partial charge in [-0.2, -0.15) is 0 Å². The molecule has 6 nitrogen and oxygen atoms in total. The van der Waals surface area contributed by atoms with Crippen LogP contribution in [0.2, 0.25) is 0 Å². The van der Waals surface area contributed by atoms with Gasteiger partial charge in [0.2, 0.25) is 0 Å². The van der Waals surface area contributed by atoms with E-state index >= 15 is 0 Å². The smallest absolute Gasteiger partial charge is 0.198 e. The number of benzene rings is 1. The molecule has 0 saturated heterocycles. The van der Waals surface area contributed by atoms with Gasteiger partial charge in [0.1, 0.15) is 5.82 Å².